The summed E-state index contributed by atoms with van der Waals surface area (Å²) in [5, 5.41) is 57.0. The summed E-state index contributed by atoms with van der Waals surface area (Å²) in [5.41, 5.74) is 0. The van der Waals surface area contributed by atoms with Crippen molar-refractivity contribution in [2.75, 3.05) is 13.2 Å². The number of amides is 1. The summed E-state index contributed by atoms with van der Waals surface area (Å²) < 4.78 is 17.6. The van der Waals surface area contributed by atoms with Crippen LogP contribution in [0.5, 0.6) is 0 Å². The fourth-order valence-electron chi connectivity index (χ4n) is 11.1. The van der Waals surface area contributed by atoms with Crippen LogP contribution in [0.1, 0.15) is 342 Å². The molecular weight excluding hydrogens is 979 g/mol. The van der Waals surface area contributed by atoms with E-state index in [0.29, 0.717) is 19.3 Å². The van der Waals surface area contributed by atoms with Gasteiger partial charge in [0.2, 0.25) is 5.91 Å². The number of carbonyl (C=O) groups excluding carboxylic acids is 2. The van der Waals surface area contributed by atoms with Crippen molar-refractivity contribution in [2.45, 2.75) is 391 Å². The first-order valence-electron chi connectivity index (χ1n) is 34.0. The van der Waals surface area contributed by atoms with Gasteiger partial charge in [-0.25, -0.2) is 0 Å². The molecule has 0 saturated carbocycles. The first-order valence-corrected chi connectivity index (χ1v) is 34.0. The van der Waals surface area contributed by atoms with Gasteiger partial charge in [-0.3, -0.25) is 9.59 Å². The van der Waals surface area contributed by atoms with Gasteiger partial charge < -0.3 is 45.1 Å². The topological polar surface area (TPSA) is 175 Å². The third-order valence-corrected chi connectivity index (χ3v) is 16.4. The number of rotatable bonds is 59. The highest BCUT2D eigenvalue weighted by molar-refractivity contribution is 5.80. The van der Waals surface area contributed by atoms with Crippen molar-refractivity contribution in [2.24, 2.45) is 0 Å². The maximum Gasteiger partial charge on any atom is 0.306 e. The van der Waals surface area contributed by atoms with Crippen LogP contribution >= 0.6 is 0 Å². The van der Waals surface area contributed by atoms with Crippen molar-refractivity contribution in [3.05, 3.63) is 12.2 Å². The lowest BCUT2D eigenvalue weighted by Gasteiger charge is -2.41. The number of ether oxygens (including phenoxy) is 3. The van der Waals surface area contributed by atoms with Crippen molar-refractivity contribution in [1.82, 2.24) is 5.32 Å². The molecule has 1 fully saturated rings. The normalized spacial score (nSPS) is 18.9. The Labute approximate surface area is 480 Å². The number of hydrogen-bond donors (Lipinski definition) is 6. The smallest absolute Gasteiger partial charge is 0.306 e. The molecule has 1 aliphatic rings. The van der Waals surface area contributed by atoms with E-state index in [2.05, 4.69) is 26.1 Å². The lowest BCUT2D eigenvalue weighted by atomic mass is 9.99. The third-order valence-electron chi connectivity index (χ3n) is 16.4. The Kier molecular flexibility index (Phi) is 53.3. The lowest BCUT2D eigenvalue weighted by molar-refractivity contribution is -0.305. The highest BCUT2D eigenvalue weighted by Gasteiger charge is 2.47. The van der Waals surface area contributed by atoms with Crippen LogP contribution in [-0.2, 0) is 23.8 Å². The van der Waals surface area contributed by atoms with Crippen LogP contribution in [0.2, 0.25) is 0 Å². The molecule has 0 spiro atoms. The molecule has 8 atom stereocenters. The molecule has 0 aromatic rings. The fraction of sp³-hybridized carbons (Fsp3) is 0.940. The molecule has 1 rings (SSSR count). The molecule has 11 heteroatoms. The standard InChI is InChI=1S/C67H129NO10/c1-4-7-10-13-16-19-22-24-25-26-27-28-29-30-31-32-33-34-35-36-37-40-42-45-48-51-54-60(71)66(75)68-58(59(70)53-50-47-44-41-39-23-20-17-14-11-8-5-2)57-76-67-65(64(74)63(73)61(56-69)77-67)78-62(72)55-52-49-46-43-38-21-18-15-12-9-6-3/h50,53,58-61,63-65,67,69-71,73-74H,4-49,51-52,54-57H2,1-3H3,(H,68,75)/b53-50+. The second kappa shape index (κ2) is 55.9. The van der Waals surface area contributed by atoms with Crippen molar-refractivity contribution >= 4 is 11.9 Å². The molecule has 11 nitrogen and oxygen atoms in total. The second-order valence-electron chi connectivity index (χ2n) is 23.9. The molecule has 1 heterocycles. The van der Waals surface area contributed by atoms with Gasteiger partial charge >= 0.3 is 5.97 Å². The average Bonchev–Trinajstić information content (AvgIpc) is 3.46. The van der Waals surface area contributed by atoms with Gasteiger partial charge in [0.05, 0.1) is 25.4 Å². The van der Waals surface area contributed by atoms with E-state index >= 15 is 0 Å². The minimum absolute atomic E-state index is 0.130. The van der Waals surface area contributed by atoms with Crippen molar-refractivity contribution in [3.8, 4) is 0 Å². The molecule has 78 heavy (non-hydrogen) atoms. The minimum atomic E-state index is -1.61. The zero-order valence-electron chi connectivity index (χ0n) is 51.3. The van der Waals surface area contributed by atoms with Gasteiger partial charge in [0.1, 0.15) is 24.4 Å². The predicted molar refractivity (Wildman–Crippen MR) is 325 cm³/mol. The molecule has 0 bridgehead atoms. The molecule has 1 amide bonds. The highest BCUT2D eigenvalue weighted by Crippen LogP contribution is 2.26. The molecule has 462 valence electrons. The SMILES string of the molecule is CCCCCCCCCCCC/C=C/C(O)C(COC1OC(CO)C(O)C(O)C1OC(=O)CCCCCCCCCCCCC)NC(=O)C(O)CCCCCCCCCCCCCCCCCCCCCCCCCCCC. The Hall–Kier alpha value is -1.60. The van der Waals surface area contributed by atoms with Crippen LogP contribution in [0.3, 0.4) is 0 Å². The van der Waals surface area contributed by atoms with Gasteiger partial charge in [0.15, 0.2) is 12.4 Å². The minimum Gasteiger partial charge on any atom is -0.454 e. The second-order valence-corrected chi connectivity index (χ2v) is 23.9. The van der Waals surface area contributed by atoms with Gasteiger partial charge in [0, 0.05) is 6.42 Å². The van der Waals surface area contributed by atoms with Crippen LogP contribution in [0.15, 0.2) is 12.2 Å². The zero-order chi connectivity index (χ0) is 56.8. The third kappa shape index (κ3) is 43.1. The van der Waals surface area contributed by atoms with Gasteiger partial charge in [-0.15, -0.1) is 0 Å². The van der Waals surface area contributed by atoms with Crippen molar-refractivity contribution in [3.63, 3.8) is 0 Å². The summed E-state index contributed by atoms with van der Waals surface area (Å²) >= 11 is 0. The molecule has 1 aliphatic heterocycles. The van der Waals surface area contributed by atoms with Crippen LogP contribution in [-0.4, -0.2) is 99.6 Å². The molecule has 0 aliphatic carbocycles. The van der Waals surface area contributed by atoms with E-state index in [1.54, 1.807) is 6.08 Å². The quantitative estimate of drug-likeness (QED) is 0.0195. The molecule has 0 aromatic carbocycles. The Morgan fingerprint density at radius 3 is 1.21 bits per heavy atom. The summed E-state index contributed by atoms with van der Waals surface area (Å²) in [6.45, 7) is 5.82. The number of esters is 1. The number of allylic oxidation sites excluding steroid dienone is 1. The molecule has 6 N–H and O–H groups in total. The monoisotopic (exact) mass is 1110 g/mol. The summed E-state index contributed by atoms with van der Waals surface area (Å²) in [4.78, 5) is 26.5. The molecule has 8 unspecified atom stereocenters. The van der Waals surface area contributed by atoms with E-state index in [1.165, 1.54) is 238 Å². The number of carbonyl (C=O) groups is 2. The van der Waals surface area contributed by atoms with E-state index in [9.17, 15) is 35.1 Å². The van der Waals surface area contributed by atoms with Crippen LogP contribution in [0, 0.1) is 0 Å². The Morgan fingerprint density at radius 2 is 0.833 bits per heavy atom. The molecular formula is C67H129NO10. The van der Waals surface area contributed by atoms with E-state index in [-0.39, 0.29) is 13.0 Å². The number of aliphatic hydroxyl groups is 5. The van der Waals surface area contributed by atoms with Gasteiger partial charge in [0.25, 0.3) is 0 Å². The van der Waals surface area contributed by atoms with E-state index in [4.69, 9.17) is 14.2 Å². The largest absolute Gasteiger partial charge is 0.454 e. The zero-order valence-corrected chi connectivity index (χ0v) is 51.3. The van der Waals surface area contributed by atoms with Crippen LogP contribution in [0.25, 0.3) is 0 Å². The Morgan fingerprint density at radius 1 is 0.487 bits per heavy atom. The molecule has 1 saturated heterocycles. The van der Waals surface area contributed by atoms with Crippen molar-refractivity contribution < 1.29 is 49.3 Å². The molecule has 0 radical (unpaired) electrons. The number of unbranched alkanes of at least 4 members (excludes halogenated alkanes) is 45. The summed E-state index contributed by atoms with van der Waals surface area (Å²) in [6.07, 6.45) is 54.2. The number of hydrogen-bond acceptors (Lipinski definition) is 10. The average molecular weight is 1110 g/mol. The van der Waals surface area contributed by atoms with Gasteiger partial charge in [-0.1, -0.05) is 322 Å². The molecule has 0 aromatic heterocycles. The van der Waals surface area contributed by atoms with Crippen molar-refractivity contribution in [1.29, 1.82) is 0 Å². The van der Waals surface area contributed by atoms with E-state index < -0.39 is 67.4 Å². The Balaban J connectivity index is 2.52. The van der Waals surface area contributed by atoms with Crippen LogP contribution in [0.4, 0.5) is 0 Å². The van der Waals surface area contributed by atoms with E-state index in [1.807, 2.05) is 6.08 Å². The maximum atomic E-state index is 13.4. The van der Waals surface area contributed by atoms with Crippen LogP contribution < -0.4 is 5.32 Å². The number of aliphatic hydroxyl groups excluding tert-OH is 5. The van der Waals surface area contributed by atoms with E-state index in [0.717, 1.165) is 57.8 Å². The lowest BCUT2D eigenvalue weighted by Crippen LogP contribution is -2.61. The number of nitrogens with one attached hydrogen (secondary N) is 1. The Bertz CT molecular complexity index is 1320. The summed E-state index contributed by atoms with van der Waals surface area (Å²) in [6, 6.07) is -1.02. The fourth-order valence-corrected chi connectivity index (χ4v) is 11.1. The van der Waals surface area contributed by atoms with Gasteiger partial charge in [-0.2, -0.15) is 0 Å². The predicted octanol–water partition coefficient (Wildman–Crippen LogP) is 16.7. The first-order chi connectivity index (χ1) is 38.2. The summed E-state index contributed by atoms with van der Waals surface area (Å²) in [7, 11) is 0. The summed E-state index contributed by atoms with van der Waals surface area (Å²) in [5.74, 6) is -1.18. The first kappa shape index (κ1) is 74.4. The maximum absolute atomic E-state index is 13.4. The highest BCUT2D eigenvalue weighted by atomic mass is 16.7. The van der Waals surface area contributed by atoms with Gasteiger partial charge in [-0.05, 0) is 25.7 Å².